The van der Waals surface area contributed by atoms with Crippen molar-refractivity contribution >= 4 is 21.8 Å². The van der Waals surface area contributed by atoms with E-state index in [0.717, 1.165) is 25.7 Å². The van der Waals surface area contributed by atoms with Crippen LogP contribution in [-0.2, 0) is 0 Å². The SMILES string of the molecule is CN(C(=O)c1cccc(Br)c1F)C1CCCCCC1. The van der Waals surface area contributed by atoms with E-state index in [1.165, 1.54) is 12.8 Å². The summed E-state index contributed by atoms with van der Waals surface area (Å²) in [6.45, 7) is 0. The minimum Gasteiger partial charge on any atom is -0.339 e. The smallest absolute Gasteiger partial charge is 0.256 e. The Hall–Kier alpha value is -0.900. The Morgan fingerprint density at radius 1 is 1.26 bits per heavy atom. The maximum Gasteiger partial charge on any atom is 0.256 e. The molecule has 0 spiro atoms. The molecule has 1 saturated carbocycles. The molecule has 1 aliphatic rings. The molecule has 0 bridgehead atoms. The van der Waals surface area contributed by atoms with Gasteiger partial charge < -0.3 is 4.90 Å². The van der Waals surface area contributed by atoms with Crippen LogP contribution in [0.4, 0.5) is 4.39 Å². The Balaban J connectivity index is 2.15. The summed E-state index contributed by atoms with van der Waals surface area (Å²) in [7, 11) is 1.79. The number of hydrogen-bond acceptors (Lipinski definition) is 1. The van der Waals surface area contributed by atoms with Gasteiger partial charge in [-0.1, -0.05) is 31.7 Å². The highest BCUT2D eigenvalue weighted by Crippen LogP contribution is 2.24. The van der Waals surface area contributed by atoms with Crippen LogP contribution in [0.15, 0.2) is 22.7 Å². The summed E-state index contributed by atoms with van der Waals surface area (Å²) in [6, 6.07) is 5.10. The van der Waals surface area contributed by atoms with Crippen molar-refractivity contribution in [2.24, 2.45) is 0 Å². The van der Waals surface area contributed by atoms with Gasteiger partial charge in [0.25, 0.3) is 5.91 Å². The Morgan fingerprint density at radius 3 is 2.53 bits per heavy atom. The van der Waals surface area contributed by atoms with Gasteiger partial charge in [0.05, 0.1) is 10.0 Å². The molecule has 2 rings (SSSR count). The number of amides is 1. The van der Waals surface area contributed by atoms with Gasteiger partial charge in [-0.2, -0.15) is 0 Å². The van der Waals surface area contributed by atoms with E-state index in [4.69, 9.17) is 0 Å². The van der Waals surface area contributed by atoms with Crippen LogP contribution >= 0.6 is 15.9 Å². The second kappa shape index (κ2) is 6.51. The minimum atomic E-state index is -0.465. The molecule has 0 aliphatic heterocycles. The van der Waals surface area contributed by atoms with Gasteiger partial charge in [0.1, 0.15) is 5.82 Å². The van der Waals surface area contributed by atoms with E-state index in [1.54, 1.807) is 30.1 Å². The van der Waals surface area contributed by atoms with Gasteiger partial charge in [-0.15, -0.1) is 0 Å². The first-order valence-electron chi connectivity index (χ1n) is 6.82. The number of benzene rings is 1. The molecule has 1 aromatic carbocycles. The molecule has 1 fully saturated rings. The van der Waals surface area contributed by atoms with Crippen molar-refractivity contribution in [1.29, 1.82) is 0 Å². The molecule has 0 saturated heterocycles. The average Bonchev–Trinajstić information content (AvgIpc) is 2.69. The molecule has 4 heteroatoms. The van der Waals surface area contributed by atoms with Gasteiger partial charge >= 0.3 is 0 Å². The third-order valence-electron chi connectivity index (χ3n) is 3.87. The van der Waals surface area contributed by atoms with Crippen molar-refractivity contribution in [3.8, 4) is 0 Å². The lowest BCUT2D eigenvalue weighted by Gasteiger charge is -2.27. The molecule has 1 aromatic rings. The molecule has 1 aliphatic carbocycles. The van der Waals surface area contributed by atoms with E-state index in [9.17, 15) is 9.18 Å². The topological polar surface area (TPSA) is 20.3 Å². The predicted octanol–water partition coefficient (Wildman–Crippen LogP) is 4.38. The summed E-state index contributed by atoms with van der Waals surface area (Å²) in [4.78, 5) is 14.1. The number of carbonyl (C=O) groups is 1. The fraction of sp³-hybridized carbons (Fsp3) is 0.533. The van der Waals surface area contributed by atoms with Crippen molar-refractivity contribution in [2.75, 3.05) is 7.05 Å². The zero-order chi connectivity index (χ0) is 13.8. The summed E-state index contributed by atoms with van der Waals surface area (Å²) in [5.41, 5.74) is 0.154. The summed E-state index contributed by atoms with van der Waals surface area (Å²) in [5, 5.41) is 0. The number of nitrogens with zero attached hydrogens (tertiary/aromatic N) is 1. The summed E-state index contributed by atoms with van der Waals surface area (Å²) >= 11 is 3.13. The van der Waals surface area contributed by atoms with Crippen molar-refractivity contribution in [2.45, 2.75) is 44.6 Å². The third-order valence-corrected chi connectivity index (χ3v) is 4.49. The largest absolute Gasteiger partial charge is 0.339 e. The Kier molecular flexibility index (Phi) is 4.97. The molecule has 0 atom stereocenters. The zero-order valence-corrected chi connectivity index (χ0v) is 12.7. The lowest BCUT2D eigenvalue weighted by molar-refractivity contribution is 0.0713. The Bertz CT molecular complexity index is 455. The Labute approximate surface area is 122 Å². The second-order valence-corrected chi connectivity index (χ2v) is 6.02. The minimum absolute atomic E-state index is 0.154. The summed E-state index contributed by atoms with van der Waals surface area (Å²) in [5.74, 6) is -0.682. The van der Waals surface area contributed by atoms with E-state index in [0.29, 0.717) is 4.47 Å². The van der Waals surface area contributed by atoms with Gasteiger partial charge in [0.2, 0.25) is 0 Å². The number of halogens is 2. The fourth-order valence-electron chi connectivity index (χ4n) is 2.67. The van der Waals surface area contributed by atoms with E-state index < -0.39 is 5.82 Å². The predicted molar refractivity (Wildman–Crippen MR) is 77.7 cm³/mol. The molecular weight excluding hydrogens is 309 g/mol. The normalized spacial score (nSPS) is 17.0. The van der Waals surface area contributed by atoms with Crippen LogP contribution in [0.5, 0.6) is 0 Å². The van der Waals surface area contributed by atoms with Crippen LogP contribution in [0, 0.1) is 5.82 Å². The lowest BCUT2D eigenvalue weighted by atomic mass is 10.1. The van der Waals surface area contributed by atoms with Crippen molar-refractivity contribution < 1.29 is 9.18 Å². The van der Waals surface area contributed by atoms with Crippen LogP contribution in [0.25, 0.3) is 0 Å². The fourth-order valence-corrected chi connectivity index (χ4v) is 3.04. The van der Waals surface area contributed by atoms with Crippen LogP contribution in [0.3, 0.4) is 0 Å². The van der Waals surface area contributed by atoms with Gasteiger partial charge in [-0.05, 0) is 40.9 Å². The molecule has 0 radical (unpaired) electrons. The molecule has 0 unspecified atom stereocenters. The van der Waals surface area contributed by atoms with E-state index >= 15 is 0 Å². The molecular formula is C15H19BrFNO. The van der Waals surface area contributed by atoms with Gasteiger partial charge in [0, 0.05) is 13.1 Å². The van der Waals surface area contributed by atoms with Crippen LogP contribution in [0.2, 0.25) is 0 Å². The molecule has 0 heterocycles. The molecule has 1 amide bonds. The number of rotatable bonds is 2. The van der Waals surface area contributed by atoms with E-state index in [-0.39, 0.29) is 17.5 Å². The van der Waals surface area contributed by atoms with Gasteiger partial charge in [-0.3, -0.25) is 4.79 Å². The maximum absolute atomic E-state index is 14.0. The van der Waals surface area contributed by atoms with Crippen molar-refractivity contribution in [1.82, 2.24) is 4.90 Å². The molecule has 0 aromatic heterocycles. The summed E-state index contributed by atoms with van der Waals surface area (Å²) in [6.07, 6.45) is 6.84. The summed E-state index contributed by atoms with van der Waals surface area (Å²) < 4.78 is 14.3. The molecule has 19 heavy (non-hydrogen) atoms. The first-order valence-corrected chi connectivity index (χ1v) is 7.61. The number of carbonyl (C=O) groups excluding carboxylic acids is 1. The monoisotopic (exact) mass is 327 g/mol. The van der Waals surface area contributed by atoms with Crippen LogP contribution < -0.4 is 0 Å². The van der Waals surface area contributed by atoms with E-state index in [1.807, 2.05) is 0 Å². The molecule has 2 nitrogen and oxygen atoms in total. The molecule has 104 valence electrons. The average molecular weight is 328 g/mol. The Morgan fingerprint density at radius 2 is 1.89 bits per heavy atom. The second-order valence-electron chi connectivity index (χ2n) is 5.16. The third kappa shape index (κ3) is 3.35. The van der Waals surface area contributed by atoms with Crippen molar-refractivity contribution in [3.05, 3.63) is 34.1 Å². The highest BCUT2D eigenvalue weighted by atomic mass is 79.9. The van der Waals surface area contributed by atoms with Gasteiger partial charge in [0.15, 0.2) is 0 Å². The first kappa shape index (κ1) is 14.5. The quantitative estimate of drug-likeness (QED) is 0.738. The van der Waals surface area contributed by atoms with Crippen LogP contribution in [-0.4, -0.2) is 23.9 Å². The van der Waals surface area contributed by atoms with Gasteiger partial charge in [-0.25, -0.2) is 4.39 Å². The number of hydrogen-bond donors (Lipinski definition) is 0. The van der Waals surface area contributed by atoms with E-state index in [2.05, 4.69) is 15.9 Å². The first-order chi connectivity index (χ1) is 9.11. The highest BCUT2D eigenvalue weighted by Gasteiger charge is 2.24. The molecule has 0 N–H and O–H groups in total. The highest BCUT2D eigenvalue weighted by molar-refractivity contribution is 9.10. The standard InChI is InChI=1S/C15H19BrFNO/c1-18(11-7-4-2-3-5-8-11)15(19)12-9-6-10-13(16)14(12)17/h6,9-11H,2-5,7-8H2,1H3. The lowest BCUT2D eigenvalue weighted by Crippen LogP contribution is -2.37. The van der Waals surface area contributed by atoms with Crippen molar-refractivity contribution in [3.63, 3.8) is 0 Å². The zero-order valence-electron chi connectivity index (χ0n) is 11.2. The van der Waals surface area contributed by atoms with Crippen LogP contribution in [0.1, 0.15) is 48.9 Å². The maximum atomic E-state index is 14.0.